The van der Waals surface area contributed by atoms with E-state index >= 15 is 0 Å². The van der Waals surface area contributed by atoms with E-state index in [1.807, 2.05) is 0 Å². The first kappa shape index (κ1) is 12.5. The molecule has 0 atom stereocenters. The van der Waals surface area contributed by atoms with Crippen LogP contribution in [0.3, 0.4) is 0 Å². The molecule has 88 valence electrons. The van der Waals surface area contributed by atoms with Gasteiger partial charge in [0.05, 0.1) is 7.11 Å². The summed E-state index contributed by atoms with van der Waals surface area (Å²) in [6.07, 6.45) is 3.28. The van der Waals surface area contributed by atoms with Gasteiger partial charge in [-0.3, -0.25) is 9.63 Å². The van der Waals surface area contributed by atoms with E-state index in [0.717, 1.165) is 18.8 Å². The second-order valence-corrected chi connectivity index (χ2v) is 5.82. The summed E-state index contributed by atoms with van der Waals surface area (Å²) < 4.78 is 0. The number of nitrogens with zero attached hydrogens (tertiary/aromatic N) is 1. The largest absolute Gasteiger partial charge is 0.275 e. The first-order valence-electron chi connectivity index (χ1n) is 5.65. The Hall–Kier alpha value is -0.570. The van der Waals surface area contributed by atoms with Crippen LogP contribution in [0.2, 0.25) is 0 Å². The second kappa shape index (κ2) is 4.52. The van der Waals surface area contributed by atoms with E-state index in [1.165, 1.54) is 18.6 Å². The smallest absolute Gasteiger partial charge is 0.248 e. The van der Waals surface area contributed by atoms with Gasteiger partial charge in [-0.25, -0.2) is 5.06 Å². The molecule has 0 unspecified atom stereocenters. The van der Waals surface area contributed by atoms with Gasteiger partial charge < -0.3 is 0 Å². The highest BCUT2D eigenvalue weighted by Gasteiger charge is 2.37. The van der Waals surface area contributed by atoms with Crippen LogP contribution in [-0.2, 0) is 9.63 Å². The average Bonchev–Trinajstić information content (AvgIpc) is 2.06. The lowest BCUT2D eigenvalue weighted by atomic mass is 9.68. The van der Waals surface area contributed by atoms with E-state index in [2.05, 4.69) is 20.8 Å². The predicted molar refractivity (Wildman–Crippen MR) is 60.1 cm³/mol. The van der Waals surface area contributed by atoms with Gasteiger partial charge in [-0.1, -0.05) is 20.8 Å². The lowest BCUT2D eigenvalue weighted by Gasteiger charge is -2.39. The number of hydroxylamine groups is 2. The quantitative estimate of drug-likeness (QED) is 0.674. The highest BCUT2D eigenvalue weighted by atomic mass is 16.7. The molecule has 0 aliphatic heterocycles. The molecule has 0 N–H and O–H groups in total. The first-order valence-corrected chi connectivity index (χ1v) is 5.65. The maximum absolute atomic E-state index is 11.7. The lowest BCUT2D eigenvalue weighted by molar-refractivity contribution is -0.178. The third-order valence-electron chi connectivity index (χ3n) is 3.07. The van der Waals surface area contributed by atoms with Crippen molar-refractivity contribution in [3.05, 3.63) is 0 Å². The fraction of sp³-hybridized carbons (Fsp3) is 0.917. The van der Waals surface area contributed by atoms with E-state index in [0.29, 0.717) is 5.41 Å². The van der Waals surface area contributed by atoms with Crippen LogP contribution in [0.1, 0.15) is 40.0 Å². The molecule has 0 spiro atoms. The molecule has 1 saturated carbocycles. The van der Waals surface area contributed by atoms with E-state index in [4.69, 9.17) is 4.84 Å². The molecule has 1 rings (SSSR count). The maximum Gasteiger partial charge on any atom is 0.248 e. The molecular weight excluding hydrogens is 190 g/mol. The lowest BCUT2D eigenvalue weighted by Crippen LogP contribution is -2.40. The van der Waals surface area contributed by atoms with Crippen molar-refractivity contribution in [1.29, 1.82) is 0 Å². The van der Waals surface area contributed by atoms with Crippen molar-refractivity contribution < 1.29 is 9.63 Å². The number of rotatable bonds is 3. The van der Waals surface area contributed by atoms with E-state index in [-0.39, 0.29) is 11.8 Å². The van der Waals surface area contributed by atoms with Gasteiger partial charge in [0, 0.05) is 13.0 Å². The van der Waals surface area contributed by atoms with Crippen LogP contribution in [0, 0.1) is 17.3 Å². The minimum absolute atomic E-state index is 0.127. The van der Waals surface area contributed by atoms with Crippen LogP contribution < -0.4 is 0 Å². The standard InChI is InChI=1S/C12H23NO2/c1-12(2,3)8-9-6-10(7-9)11(14)13(4)15-5/h9-10H,6-8H2,1-5H3. The molecule has 15 heavy (non-hydrogen) atoms. The number of carbonyl (C=O) groups is 1. The molecule has 1 fully saturated rings. The molecule has 0 bridgehead atoms. The molecule has 0 aromatic carbocycles. The Labute approximate surface area is 92.7 Å². The summed E-state index contributed by atoms with van der Waals surface area (Å²) in [7, 11) is 3.21. The Balaban J connectivity index is 2.29. The van der Waals surface area contributed by atoms with E-state index in [1.54, 1.807) is 7.05 Å². The highest BCUT2D eigenvalue weighted by molar-refractivity contribution is 5.78. The molecule has 1 aliphatic carbocycles. The fourth-order valence-corrected chi connectivity index (χ4v) is 2.32. The number of amides is 1. The van der Waals surface area contributed by atoms with Crippen LogP contribution in [0.4, 0.5) is 0 Å². The summed E-state index contributed by atoms with van der Waals surface area (Å²) in [5.74, 6) is 1.05. The monoisotopic (exact) mass is 213 g/mol. The van der Waals surface area contributed by atoms with Gasteiger partial charge in [-0.15, -0.1) is 0 Å². The zero-order valence-electron chi connectivity index (χ0n) is 10.5. The number of hydrogen-bond donors (Lipinski definition) is 0. The van der Waals surface area contributed by atoms with Crippen molar-refractivity contribution in [1.82, 2.24) is 5.06 Å². The van der Waals surface area contributed by atoms with Crippen molar-refractivity contribution in [2.45, 2.75) is 40.0 Å². The van der Waals surface area contributed by atoms with Crippen molar-refractivity contribution in [3.63, 3.8) is 0 Å². The summed E-state index contributed by atoms with van der Waals surface area (Å²) in [6, 6.07) is 0. The molecule has 0 radical (unpaired) electrons. The molecule has 0 heterocycles. The Bertz CT molecular complexity index is 226. The molecule has 0 aromatic heterocycles. The van der Waals surface area contributed by atoms with Crippen LogP contribution in [0.15, 0.2) is 0 Å². The Morgan fingerprint density at radius 1 is 1.40 bits per heavy atom. The van der Waals surface area contributed by atoms with Gasteiger partial charge in [-0.05, 0) is 30.6 Å². The van der Waals surface area contributed by atoms with Crippen molar-refractivity contribution in [3.8, 4) is 0 Å². The molecule has 3 heteroatoms. The highest BCUT2D eigenvalue weighted by Crippen LogP contribution is 2.41. The first-order chi connectivity index (χ1) is 6.83. The predicted octanol–water partition coefficient (Wildman–Crippen LogP) is 2.47. The topological polar surface area (TPSA) is 29.5 Å². The molecule has 3 nitrogen and oxygen atoms in total. The van der Waals surface area contributed by atoms with Crippen LogP contribution in [0.25, 0.3) is 0 Å². The van der Waals surface area contributed by atoms with E-state index < -0.39 is 0 Å². The molecular formula is C12H23NO2. The Morgan fingerprint density at radius 3 is 2.33 bits per heavy atom. The van der Waals surface area contributed by atoms with Crippen molar-refractivity contribution in [2.75, 3.05) is 14.2 Å². The number of carbonyl (C=O) groups excluding carboxylic acids is 1. The van der Waals surface area contributed by atoms with Gasteiger partial charge in [0.25, 0.3) is 0 Å². The summed E-state index contributed by atoms with van der Waals surface area (Å²) in [5, 5.41) is 1.35. The van der Waals surface area contributed by atoms with Gasteiger partial charge in [0.1, 0.15) is 0 Å². The summed E-state index contributed by atoms with van der Waals surface area (Å²) >= 11 is 0. The third-order valence-corrected chi connectivity index (χ3v) is 3.07. The molecule has 0 aromatic rings. The minimum atomic E-state index is 0.127. The Morgan fingerprint density at radius 2 is 1.93 bits per heavy atom. The molecule has 1 amide bonds. The van der Waals surface area contributed by atoms with Crippen LogP contribution in [0.5, 0.6) is 0 Å². The van der Waals surface area contributed by atoms with E-state index in [9.17, 15) is 4.79 Å². The summed E-state index contributed by atoms with van der Waals surface area (Å²) in [5.41, 5.74) is 0.381. The van der Waals surface area contributed by atoms with Gasteiger partial charge in [0.15, 0.2) is 0 Å². The molecule has 1 aliphatic rings. The van der Waals surface area contributed by atoms with Gasteiger partial charge >= 0.3 is 0 Å². The zero-order chi connectivity index (χ0) is 11.6. The third kappa shape index (κ3) is 3.49. The maximum atomic E-state index is 11.7. The summed E-state index contributed by atoms with van der Waals surface area (Å²) in [4.78, 5) is 16.6. The zero-order valence-corrected chi connectivity index (χ0v) is 10.5. The fourth-order valence-electron chi connectivity index (χ4n) is 2.32. The summed E-state index contributed by atoms with van der Waals surface area (Å²) in [6.45, 7) is 6.76. The number of hydrogen-bond acceptors (Lipinski definition) is 2. The SMILES string of the molecule is CON(C)C(=O)C1CC(CC(C)(C)C)C1. The van der Waals surface area contributed by atoms with Crippen molar-refractivity contribution >= 4 is 5.91 Å². The minimum Gasteiger partial charge on any atom is -0.275 e. The van der Waals surface area contributed by atoms with Gasteiger partial charge in [0.2, 0.25) is 5.91 Å². The van der Waals surface area contributed by atoms with Crippen molar-refractivity contribution in [2.24, 2.45) is 17.3 Å². The normalized spacial score (nSPS) is 25.9. The van der Waals surface area contributed by atoms with Crippen LogP contribution >= 0.6 is 0 Å². The Kier molecular flexibility index (Phi) is 3.77. The van der Waals surface area contributed by atoms with Gasteiger partial charge in [-0.2, -0.15) is 0 Å². The molecule has 0 saturated heterocycles. The average molecular weight is 213 g/mol. The second-order valence-electron chi connectivity index (χ2n) is 5.82. The van der Waals surface area contributed by atoms with Crippen LogP contribution in [-0.4, -0.2) is 25.1 Å².